The number of aromatic nitrogens is 4. The van der Waals surface area contributed by atoms with Crippen LogP contribution < -0.4 is 0 Å². The maximum atomic E-state index is 5.74. The largest absolute Gasteiger partial charge is 0.422 e. The van der Waals surface area contributed by atoms with Crippen LogP contribution in [0, 0.1) is 0 Å². The second-order valence-electron chi connectivity index (χ2n) is 5.71. The van der Waals surface area contributed by atoms with Gasteiger partial charge >= 0.3 is 0 Å². The maximum Gasteiger partial charge on any atom is 0.236 e. The highest BCUT2D eigenvalue weighted by Gasteiger charge is 2.18. The van der Waals surface area contributed by atoms with Crippen LogP contribution in [0.15, 0.2) is 28.7 Å². The van der Waals surface area contributed by atoms with Crippen molar-refractivity contribution in [3.63, 3.8) is 0 Å². The van der Waals surface area contributed by atoms with Gasteiger partial charge in [0.2, 0.25) is 11.8 Å². The summed E-state index contributed by atoms with van der Waals surface area (Å²) in [5.74, 6) is 2.18. The standard InChI is InChI=1S/C16H18ClN5O2/c17-9-15-19-20-16(24-15)11-22-13-4-2-1-3-12(13)18-14(22)10-21-5-7-23-8-6-21/h1-4H,5-11H2. The van der Waals surface area contributed by atoms with Crippen molar-refractivity contribution in [2.24, 2.45) is 0 Å². The van der Waals surface area contributed by atoms with Gasteiger partial charge in [-0.25, -0.2) is 4.98 Å². The van der Waals surface area contributed by atoms with E-state index < -0.39 is 0 Å². The molecule has 24 heavy (non-hydrogen) atoms. The molecule has 0 atom stereocenters. The number of imidazole rings is 1. The molecular formula is C16H18ClN5O2. The van der Waals surface area contributed by atoms with E-state index >= 15 is 0 Å². The van der Waals surface area contributed by atoms with Crippen LogP contribution in [0.2, 0.25) is 0 Å². The molecule has 3 aromatic rings. The van der Waals surface area contributed by atoms with Crippen LogP contribution in [0.3, 0.4) is 0 Å². The van der Waals surface area contributed by atoms with E-state index in [1.807, 2.05) is 18.2 Å². The zero-order chi connectivity index (χ0) is 16.4. The predicted octanol–water partition coefficient (Wildman–Crippen LogP) is 2.04. The van der Waals surface area contributed by atoms with Crippen molar-refractivity contribution in [2.75, 3.05) is 26.3 Å². The van der Waals surface area contributed by atoms with Crippen LogP contribution >= 0.6 is 11.6 Å². The van der Waals surface area contributed by atoms with Crippen molar-refractivity contribution < 1.29 is 9.15 Å². The average molecular weight is 348 g/mol. The lowest BCUT2D eigenvalue weighted by molar-refractivity contribution is 0.0326. The summed E-state index contributed by atoms with van der Waals surface area (Å²) in [6, 6.07) is 8.09. The van der Waals surface area contributed by atoms with E-state index in [9.17, 15) is 0 Å². The number of benzene rings is 1. The number of alkyl halides is 1. The molecule has 1 saturated heterocycles. The van der Waals surface area contributed by atoms with Crippen LogP contribution in [-0.4, -0.2) is 51.0 Å². The number of ether oxygens (including phenoxy) is 1. The van der Waals surface area contributed by atoms with Crippen molar-refractivity contribution in [2.45, 2.75) is 19.0 Å². The van der Waals surface area contributed by atoms with E-state index in [0.29, 0.717) is 18.3 Å². The predicted molar refractivity (Wildman–Crippen MR) is 88.8 cm³/mol. The Kier molecular flexibility index (Phi) is 4.46. The summed E-state index contributed by atoms with van der Waals surface area (Å²) in [5.41, 5.74) is 2.03. The summed E-state index contributed by atoms with van der Waals surface area (Å²) in [5, 5.41) is 8.00. The minimum atomic E-state index is 0.221. The summed E-state index contributed by atoms with van der Waals surface area (Å²) in [7, 11) is 0. The van der Waals surface area contributed by atoms with Gasteiger partial charge in [0.05, 0.1) is 30.8 Å². The highest BCUT2D eigenvalue weighted by atomic mass is 35.5. The Labute approximate surface area is 144 Å². The first-order valence-electron chi connectivity index (χ1n) is 7.95. The highest BCUT2D eigenvalue weighted by Crippen LogP contribution is 2.19. The molecule has 0 spiro atoms. The van der Waals surface area contributed by atoms with Crippen LogP contribution in [0.25, 0.3) is 11.0 Å². The third-order valence-corrected chi connectivity index (χ3v) is 4.35. The fourth-order valence-corrected chi connectivity index (χ4v) is 3.03. The summed E-state index contributed by atoms with van der Waals surface area (Å²) in [6.07, 6.45) is 0. The van der Waals surface area contributed by atoms with Crippen molar-refractivity contribution in [3.8, 4) is 0 Å². The number of fused-ring (bicyclic) bond motifs is 1. The van der Waals surface area contributed by atoms with Gasteiger partial charge in [0.25, 0.3) is 0 Å². The van der Waals surface area contributed by atoms with Crippen LogP contribution in [0.1, 0.15) is 17.6 Å². The number of halogens is 1. The Balaban J connectivity index is 1.66. The number of para-hydroxylation sites is 2. The number of rotatable bonds is 5. The molecule has 0 aliphatic carbocycles. The van der Waals surface area contributed by atoms with Gasteiger partial charge in [-0.1, -0.05) is 12.1 Å². The van der Waals surface area contributed by atoms with Gasteiger partial charge in [-0.3, -0.25) is 4.90 Å². The molecule has 1 fully saturated rings. The van der Waals surface area contributed by atoms with Crippen molar-refractivity contribution in [1.82, 2.24) is 24.6 Å². The topological polar surface area (TPSA) is 69.2 Å². The number of hydrogen-bond donors (Lipinski definition) is 0. The smallest absolute Gasteiger partial charge is 0.236 e. The zero-order valence-corrected chi connectivity index (χ0v) is 13.9. The van der Waals surface area contributed by atoms with Crippen LogP contribution in [0.4, 0.5) is 0 Å². The van der Waals surface area contributed by atoms with Crippen LogP contribution in [-0.2, 0) is 23.7 Å². The molecule has 1 aliphatic rings. The van der Waals surface area contributed by atoms with E-state index in [4.69, 9.17) is 25.7 Å². The molecule has 0 N–H and O–H groups in total. The summed E-state index contributed by atoms with van der Waals surface area (Å²) in [6.45, 7) is 4.63. The van der Waals surface area contributed by atoms with E-state index in [0.717, 1.165) is 49.7 Å². The minimum absolute atomic E-state index is 0.221. The molecule has 7 nitrogen and oxygen atoms in total. The van der Waals surface area contributed by atoms with Crippen molar-refractivity contribution in [1.29, 1.82) is 0 Å². The molecular weight excluding hydrogens is 330 g/mol. The third kappa shape index (κ3) is 3.15. The molecule has 3 heterocycles. The number of morpholine rings is 1. The van der Waals surface area contributed by atoms with Crippen molar-refractivity contribution in [3.05, 3.63) is 41.9 Å². The molecule has 4 rings (SSSR count). The van der Waals surface area contributed by atoms with E-state index in [1.165, 1.54) is 0 Å². The quantitative estimate of drug-likeness (QED) is 0.658. The Morgan fingerprint density at radius 2 is 1.83 bits per heavy atom. The SMILES string of the molecule is ClCc1nnc(Cn2c(CN3CCOCC3)nc3ccccc32)o1. The van der Waals surface area contributed by atoms with Crippen LogP contribution in [0.5, 0.6) is 0 Å². The number of nitrogens with zero attached hydrogens (tertiary/aromatic N) is 5. The van der Waals surface area contributed by atoms with E-state index in [2.05, 4.69) is 25.7 Å². The molecule has 0 unspecified atom stereocenters. The Bertz CT molecular complexity index is 825. The highest BCUT2D eigenvalue weighted by molar-refractivity contribution is 6.16. The first kappa shape index (κ1) is 15.6. The fraction of sp³-hybridized carbons (Fsp3) is 0.438. The molecule has 1 aliphatic heterocycles. The summed E-state index contributed by atoms with van der Waals surface area (Å²) < 4.78 is 13.1. The van der Waals surface area contributed by atoms with Gasteiger partial charge in [0.15, 0.2) is 0 Å². The van der Waals surface area contributed by atoms with Crippen molar-refractivity contribution >= 4 is 22.6 Å². The van der Waals surface area contributed by atoms with Gasteiger partial charge < -0.3 is 13.7 Å². The maximum absolute atomic E-state index is 5.74. The number of hydrogen-bond acceptors (Lipinski definition) is 6. The fourth-order valence-electron chi connectivity index (χ4n) is 2.92. The second-order valence-corrected chi connectivity index (χ2v) is 5.98. The average Bonchev–Trinajstić information content (AvgIpc) is 3.21. The van der Waals surface area contributed by atoms with Gasteiger partial charge in [-0.2, -0.15) is 0 Å². The second kappa shape index (κ2) is 6.88. The molecule has 0 amide bonds. The Morgan fingerprint density at radius 1 is 1.04 bits per heavy atom. The van der Waals surface area contributed by atoms with E-state index in [-0.39, 0.29) is 5.88 Å². The van der Waals surface area contributed by atoms with Gasteiger partial charge in [0.1, 0.15) is 18.2 Å². The molecule has 8 heteroatoms. The Morgan fingerprint density at radius 3 is 2.62 bits per heavy atom. The lowest BCUT2D eigenvalue weighted by Gasteiger charge is -2.26. The molecule has 0 saturated carbocycles. The molecule has 1 aromatic carbocycles. The van der Waals surface area contributed by atoms with Gasteiger partial charge in [-0.15, -0.1) is 21.8 Å². The Hall–Kier alpha value is -1.96. The third-order valence-electron chi connectivity index (χ3n) is 4.12. The first-order chi connectivity index (χ1) is 11.8. The molecule has 0 radical (unpaired) electrons. The minimum Gasteiger partial charge on any atom is -0.422 e. The molecule has 126 valence electrons. The van der Waals surface area contributed by atoms with Gasteiger partial charge in [-0.05, 0) is 12.1 Å². The van der Waals surface area contributed by atoms with E-state index in [1.54, 1.807) is 0 Å². The lowest BCUT2D eigenvalue weighted by atomic mass is 10.3. The monoisotopic (exact) mass is 347 g/mol. The summed E-state index contributed by atoms with van der Waals surface area (Å²) in [4.78, 5) is 7.14. The lowest BCUT2D eigenvalue weighted by Crippen LogP contribution is -2.36. The first-order valence-corrected chi connectivity index (χ1v) is 8.48. The summed E-state index contributed by atoms with van der Waals surface area (Å²) >= 11 is 5.74. The van der Waals surface area contributed by atoms with Gasteiger partial charge in [0, 0.05) is 13.1 Å². The molecule has 0 bridgehead atoms. The molecule has 2 aromatic heterocycles. The zero-order valence-electron chi connectivity index (χ0n) is 13.2. The normalized spacial score (nSPS) is 16.0.